The molecule has 0 radical (unpaired) electrons. The van der Waals surface area contributed by atoms with Crippen LogP contribution in [0.4, 0.5) is 39.4 Å². The first-order valence-corrected chi connectivity index (χ1v) is 11.8. The summed E-state index contributed by atoms with van der Waals surface area (Å²) >= 11 is 0. The molecule has 4 aromatic rings. The fraction of sp³-hybridized carbons (Fsp3) is 0.148. The number of nitrogens with zero attached hydrogens (tertiary/aromatic N) is 1. The van der Waals surface area contributed by atoms with Crippen LogP contribution in [0.2, 0.25) is 0 Å². The number of primary amides is 1. The van der Waals surface area contributed by atoms with Crippen molar-refractivity contribution >= 4 is 45.8 Å². The van der Waals surface area contributed by atoms with E-state index in [0.717, 1.165) is 0 Å². The molecule has 13 heteroatoms. The molecule has 0 bridgehead atoms. The lowest BCUT2D eigenvalue weighted by Gasteiger charge is -2.12. The van der Waals surface area contributed by atoms with Gasteiger partial charge < -0.3 is 31.6 Å². The Hall–Kier alpha value is -4.91. The number of alkyl halides is 3. The van der Waals surface area contributed by atoms with E-state index < -0.39 is 35.2 Å². The number of benzene rings is 3. The number of amides is 4. The zero-order valence-corrected chi connectivity index (χ0v) is 21.2. The zero-order chi connectivity index (χ0) is 29.2. The van der Waals surface area contributed by atoms with Crippen LogP contribution in [0.25, 0.3) is 22.0 Å². The molecule has 208 valence electrons. The second-order valence-electron chi connectivity index (χ2n) is 9.10. The topological polar surface area (TPSA) is 132 Å². The van der Waals surface area contributed by atoms with Crippen molar-refractivity contribution in [3.63, 3.8) is 0 Å². The molecule has 9 nitrogen and oxygen atoms in total. The van der Waals surface area contributed by atoms with E-state index in [1.807, 2.05) is 0 Å². The largest absolute Gasteiger partial charge is 0.416 e. The second kappa shape index (κ2) is 11.1. The molecule has 3 aromatic carbocycles. The Morgan fingerprint density at radius 3 is 2.25 bits per heavy atom. The number of urea groups is 1. The summed E-state index contributed by atoms with van der Waals surface area (Å²) in [5, 5.41) is 7.90. The van der Waals surface area contributed by atoms with Gasteiger partial charge in [-0.1, -0.05) is 24.3 Å². The average Bonchev–Trinajstić information content (AvgIpc) is 3.26. The van der Waals surface area contributed by atoms with Crippen molar-refractivity contribution in [3.8, 4) is 11.1 Å². The number of rotatable bonds is 7. The quantitative estimate of drug-likeness (QED) is 0.199. The third-order valence-corrected chi connectivity index (χ3v) is 5.79. The monoisotopic (exact) mass is 556 g/mol. The van der Waals surface area contributed by atoms with Crippen LogP contribution < -0.4 is 21.7 Å². The number of fused-ring (bicyclic) bond motifs is 1. The summed E-state index contributed by atoms with van der Waals surface area (Å²) in [5.41, 5.74) is 6.17. The van der Waals surface area contributed by atoms with E-state index in [4.69, 9.17) is 5.73 Å². The number of hydrogen-bond acceptors (Lipinski definition) is 4. The van der Waals surface area contributed by atoms with Gasteiger partial charge in [0.2, 0.25) is 5.91 Å². The molecule has 0 saturated carbocycles. The number of likely N-dealkylation sites (N-methyl/N-ethyl adjacent to an activating group) is 1. The lowest BCUT2D eigenvalue weighted by atomic mass is 10.0. The first kappa shape index (κ1) is 28.1. The number of halogens is 4. The second-order valence-corrected chi connectivity index (χ2v) is 9.10. The highest BCUT2D eigenvalue weighted by atomic mass is 19.4. The molecule has 0 unspecified atom stereocenters. The van der Waals surface area contributed by atoms with Gasteiger partial charge >= 0.3 is 12.2 Å². The summed E-state index contributed by atoms with van der Waals surface area (Å²) in [6.45, 7) is 0.148. The fourth-order valence-electron chi connectivity index (χ4n) is 4.09. The van der Waals surface area contributed by atoms with E-state index in [2.05, 4.69) is 20.9 Å². The van der Waals surface area contributed by atoms with Crippen LogP contribution in [0.15, 0.2) is 60.7 Å². The summed E-state index contributed by atoms with van der Waals surface area (Å²) in [5.74, 6) is -2.02. The van der Waals surface area contributed by atoms with Crippen molar-refractivity contribution in [2.45, 2.75) is 6.18 Å². The van der Waals surface area contributed by atoms with Crippen LogP contribution in [0.1, 0.15) is 16.1 Å². The van der Waals surface area contributed by atoms with Crippen LogP contribution in [0.3, 0.4) is 0 Å². The molecule has 40 heavy (non-hydrogen) atoms. The lowest BCUT2D eigenvalue weighted by Crippen LogP contribution is -2.27. The molecule has 4 rings (SSSR count). The number of carbonyl (C=O) groups excluding carboxylic acids is 3. The van der Waals surface area contributed by atoms with Crippen LogP contribution in [-0.4, -0.2) is 48.4 Å². The summed E-state index contributed by atoms with van der Waals surface area (Å²) in [6, 6.07) is 12.0. The van der Waals surface area contributed by atoms with Gasteiger partial charge in [0, 0.05) is 16.6 Å². The predicted molar refractivity (Wildman–Crippen MR) is 143 cm³/mol. The molecule has 0 saturated heterocycles. The van der Waals surface area contributed by atoms with Gasteiger partial charge in [0.25, 0.3) is 5.91 Å². The van der Waals surface area contributed by atoms with E-state index in [1.54, 1.807) is 49.3 Å². The lowest BCUT2D eigenvalue weighted by molar-refractivity contribution is -0.137. The maximum absolute atomic E-state index is 14.0. The highest BCUT2D eigenvalue weighted by Crippen LogP contribution is 2.36. The maximum atomic E-state index is 14.0. The van der Waals surface area contributed by atoms with Gasteiger partial charge in [-0.25, -0.2) is 9.18 Å². The first-order valence-electron chi connectivity index (χ1n) is 11.8. The highest BCUT2D eigenvalue weighted by Gasteiger charge is 2.31. The van der Waals surface area contributed by atoms with Crippen molar-refractivity contribution in [2.75, 3.05) is 36.6 Å². The molecule has 0 fully saturated rings. The molecule has 1 heterocycles. The number of nitrogens with one attached hydrogen (secondary N) is 4. The maximum Gasteiger partial charge on any atom is 0.416 e. The van der Waals surface area contributed by atoms with Gasteiger partial charge in [-0.15, -0.1) is 0 Å². The van der Waals surface area contributed by atoms with Gasteiger partial charge in [-0.2, -0.15) is 13.2 Å². The number of para-hydroxylation sites is 1. The number of anilines is 3. The molecular weight excluding hydrogens is 532 g/mol. The molecule has 0 aliphatic rings. The smallest absolute Gasteiger partial charge is 0.364 e. The van der Waals surface area contributed by atoms with E-state index in [-0.39, 0.29) is 23.8 Å². The van der Waals surface area contributed by atoms with Gasteiger partial charge in [-0.3, -0.25) is 9.59 Å². The van der Waals surface area contributed by atoms with Crippen LogP contribution in [0, 0.1) is 5.82 Å². The number of hydrogen-bond donors (Lipinski definition) is 5. The molecule has 0 atom stereocenters. The summed E-state index contributed by atoms with van der Waals surface area (Å²) in [6.07, 6.45) is -4.71. The summed E-state index contributed by atoms with van der Waals surface area (Å²) < 4.78 is 52.8. The van der Waals surface area contributed by atoms with E-state index in [9.17, 15) is 31.9 Å². The fourth-order valence-corrected chi connectivity index (χ4v) is 4.09. The number of nitrogens with two attached hydrogens (primary N) is 1. The van der Waals surface area contributed by atoms with Crippen molar-refractivity contribution in [3.05, 3.63) is 77.7 Å². The Morgan fingerprint density at radius 1 is 0.925 bits per heavy atom. The van der Waals surface area contributed by atoms with Crippen LogP contribution in [0.5, 0.6) is 0 Å². The minimum Gasteiger partial charge on any atom is -0.364 e. The molecule has 6 N–H and O–H groups in total. The minimum absolute atomic E-state index is 0.0998. The van der Waals surface area contributed by atoms with E-state index in [1.165, 1.54) is 12.1 Å². The van der Waals surface area contributed by atoms with Crippen molar-refractivity contribution in [1.29, 1.82) is 0 Å². The van der Waals surface area contributed by atoms with Gasteiger partial charge in [0.1, 0.15) is 11.5 Å². The van der Waals surface area contributed by atoms with Gasteiger partial charge in [-0.05, 0) is 56.1 Å². The van der Waals surface area contributed by atoms with Crippen LogP contribution >= 0.6 is 0 Å². The first-order chi connectivity index (χ1) is 18.8. The number of carbonyl (C=O) groups is 3. The van der Waals surface area contributed by atoms with Crippen LogP contribution in [-0.2, 0) is 11.0 Å². The zero-order valence-electron chi connectivity index (χ0n) is 21.2. The third kappa shape index (κ3) is 6.21. The molecule has 1 aromatic heterocycles. The number of H-pyrrole nitrogens is 1. The summed E-state index contributed by atoms with van der Waals surface area (Å²) in [7, 11) is 3.51. The summed E-state index contributed by atoms with van der Waals surface area (Å²) in [4.78, 5) is 41.6. The Kier molecular flexibility index (Phi) is 7.77. The SMILES string of the molecule is CN(C)CC(=O)Nc1cccc2c(-c3ccc(NC(=O)Nc4cc(C(F)(F)F)ccc4F)cc3)c(C(N)=O)[nH]c12. The van der Waals surface area contributed by atoms with Crippen molar-refractivity contribution in [2.24, 2.45) is 5.73 Å². The highest BCUT2D eigenvalue weighted by molar-refractivity contribution is 6.13. The molecule has 0 aliphatic carbocycles. The van der Waals surface area contributed by atoms with E-state index in [0.29, 0.717) is 45.9 Å². The molecule has 4 amide bonds. The molecular formula is C27H24F4N6O3. The van der Waals surface area contributed by atoms with Gasteiger partial charge in [0.15, 0.2) is 0 Å². The Balaban J connectivity index is 1.58. The Morgan fingerprint density at radius 2 is 1.62 bits per heavy atom. The van der Waals surface area contributed by atoms with Crippen molar-refractivity contribution in [1.82, 2.24) is 9.88 Å². The minimum atomic E-state index is -4.71. The average molecular weight is 557 g/mol. The Labute approximate surface area is 225 Å². The standard InChI is InChI=1S/C27H24F4N6O3/c1-37(2)13-21(38)34-19-5-3-4-17-22(24(25(32)39)36-23(17)19)14-6-9-16(10-7-14)33-26(40)35-20-12-15(27(29,30)31)8-11-18(20)28/h3-12,36H,13H2,1-2H3,(H2,32,39)(H,34,38)(H2,33,35,40). The number of aromatic nitrogens is 1. The van der Waals surface area contributed by atoms with Crippen molar-refractivity contribution < 1.29 is 31.9 Å². The normalized spacial score (nSPS) is 11.5. The van der Waals surface area contributed by atoms with Gasteiger partial charge in [0.05, 0.1) is 29.0 Å². The predicted octanol–water partition coefficient (Wildman–Crippen LogP) is 5.24. The van der Waals surface area contributed by atoms with E-state index >= 15 is 0 Å². The third-order valence-electron chi connectivity index (χ3n) is 5.79. The number of aromatic amines is 1. The Bertz CT molecular complexity index is 1600. The molecule has 0 spiro atoms. The molecule has 0 aliphatic heterocycles.